The van der Waals surface area contributed by atoms with E-state index in [1.165, 1.54) is 0 Å². The fourth-order valence-corrected chi connectivity index (χ4v) is 1.87. The van der Waals surface area contributed by atoms with Gasteiger partial charge in [-0.25, -0.2) is 0 Å². The van der Waals surface area contributed by atoms with Crippen molar-refractivity contribution in [1.29, 1.82) is 0 Å². The summed E-state index contributed by atoms with van der Waals surface area (Å²) < 4.78 is 5.46. The number of morpholine rings is 1. The average Bonchev–Trinajstić information content (AvgIpc) is 2.40. The molecule has 98 valence electrons. The van der Waals surface area contributed by atoms with Gasteiger partial charge in [-0.05, 0) is 6.92 Å². The standard InChI is InChI=1S/C12H19N5O/c1-10-9-17(6-7-18-10)12(13)16-3-2-11-8-14-4-5-15-11/h4-5,8,10H,2-3,6-7,9H2,1H3,(H2,13,16). The third-order valence-electron chi connectivity index (χ3n) is 2.82. The van der Waals surface area contributed by atoms with Crippen molar-refractivity contribution >= 4 is 5.96 Å². The molecule has 0 spiro atoms. The van der Waals surface area contributed by atoms with Gasteiger partial charge in [-0.15, -0.1) is 0 Å². The van der Waals surface area contributed by atoms with E-state index in [-0.39, 0.29) is 6.10 Å². The van der Waals surface area contributed by atoms with Crippen molar-refractivity contribution in [3.8, 4) is 0 Å². The molecule has 0 aromatic carbocycles. The number of nitrogens with two attached hydrogens (primary N) is 1. The van der Waals surface area contributed by atoms with Gasteiger partial charge < -0.3 is 15.4 Å². The van der Waals surface area contributed by atoms with E-state index in [1.807, 2.05) is 6.92 Å². The number of nitrogens with zero attached hydrogens (tertiary/aromatic N) is 4. The minimum absolute atomic E-state index is 0.215. The molecule has 1 aromatic heterocycles. The number of guanidine groups is 1. The van der Waals surface area contributed by atoms with Crippen LogP contribution < -0.4 is 5.73 Å². The van der Waals surface area contributed by atoms with E-state index in [9.17, 15) is 0 Å². The van der Waals surface area contributed by atoms with Crippen LogP contribution in [-0.4, -0.2) is 53.2 Å². The maximum atomic E-state index is 5.96. The Morgan fingerprint density at radius 3 is 3.22 bits per heavy atom. The number of hydrogen-bond acceptors (Lipinski definition) is 4. The Labute approximate surface area is 107 Å². The predicted molar refractivity (Wildman–Crippen MR) is 69.2 cm³/mol. The first kappa shape index (κ1) is 12.8. The third-order valence-corrected chi connectivity index (χ3v) is 2.82. The fraction of sp³-hybridized carbons (Fsp3) is 0.583. The highest BCUT2D eigenvalue weighted by atomic mass is 16.5. The quantitative estimate of drug-likeness (QED) is 0.605. The molecule has 2 N–H and O–H groups in total. The van der Waals surface area contributed by atoms with Crippen molar-refractivity contribution in [2.45, 2.75) is 19.4 Å². The summed E-state index contributed by atoms with van der Waals surface area (Å²) in [7, 11) is 0. The van der Waals surface area contributed by atoms with E-state index in [1.54, 1.807) is 18.6 Å². The molecule has 1 fully saturated rings. The van der Waals surface area contributed by atoms with Gasteiger partial charge in [-0.1, -0.05) is 0 Å². The lowest BCUT2D eigenvalue weighted by molar-refractivity contribution is 0.00530. The Morgan fingerprint density at radius 2 is 2.50 bits per heavy atom. The highest BCUT2D eigenvalue weighted by Crippen LogP contribution is 2.03. The van der Waals surface area contributed by atoms with E-state index in [4.69, 9.17) is 10.5 Å². The molecule has 0 amide bonds. The molecule has 1 saturated heterocycles. The van der Waals surface area contributed by atoms with Gasteiger partial charge in [-0.3, -0.25) is 15.0 Å². The molecule has 6 nitrogen and oxygen atoms in total. The van der Waals surface area contributed by atoms with Crippen LogP contribution >= 0.6 is 0 Å². The van der Waals surface area contributed by atoms with Crippen LogP contribution in [0.15, 0.2) is 23.6 Å². The highest BCUT2D eigenvalue weighted by molar-refractivity contribution is 5.78. The first-order chi connectivity index (χ1) is 8.75. The molecule has 0 aliphatic carbocycles. The van der Waals surface area contributed by atoms with Crippen LogP contribution in [0.3, 0.4) is 0 Å². The zero-order valence-corrected chi connectivity index (χ0v) is 10.6. The van der Waals surface area contributed by atoms with E-state index >= 15 is 0 Å². The predicted octanol–water partition coefficient (Wildman–Crippen LogP) is 0.0545. The first-order valence-corrected chi connectivity index (χ1v) is 6.17. The van der Waals surface area contributed by atoms with Crippen molar-refractivity contribution in [2.75, 3.05) is 26.2 Å². The normalized spacial score (nSPS) is 21.1. The van der Waals surface area contributed by atoms with Crippen LogP contribution in [0.1, 0.15) is 12.6 Å². The molecule has 18 heavy (non-hydrogen) atoms. The minimum atomic E-state index is 0.215. The number of rotatable bonds is 3. The molecule has 6 heteroatoms. The maximum absolute atomic E-state index is 5.96. The highest BCUT2D eigenvalue weighted by Gasteiger charge is 2.17. The van der Waals surface area contributed by atoms with Crippen molar-refractivity contribution in [2.24, 2.45) is 10.7 Å². The summed E-state index contributed by atoms with van der Waals surface area (Å²) in [6, 6.07) is 0. The summed E-state index contributed by atoms with van der Waals surface area (Å²) in [5.74, 6) is 0.592. The van der Waals surface area contributed by atoms with Crippen LogP contribution in [0.2, 0.25) is 0 Å². The SMILES string of the molecule is CC1CN(C(N)=NCCc2cnccn2)CCO1. The Kier molecular flexibility index (Phi) is 4.46. The summed E-state index contributed by atoms with van der Waals surface area (Å²) in [4.78, 5) is 14.6. The molecule has 0 saturated carbocycles. The van der Waals surface area contributed by atoms with Crippen molar-refractivity contribution < 1.29 is 4.74 Å². The van der Waals surface area contributed by atoms with Gasteiger partial charge in [0.25, 0.3) is 0 Å². The number of aromatic nitrogens is 2. The summed E-state index contributed by atoms with van der Waals surface area (Å²) >= 11 is 0. The molecule has 0 radical (unpaired) electrons. The van der Waals surface area contributed by atoms with Gasteiger partial charge in [-0.2, -0.15) is 0 Å². The van der Waals surface area contributed by atoms with Crippen molar-refractivity contribution in [1.82, 2.24) is 14.9 Å². The van der Waals surface area contributed by atoms with Gasteiger partial charge in [0.1, 0.15) is 0 Å². The Balaban J connectivity index is 1.81. The summed E-state index contributed by atoms with van der Waals surface area (Å²) in [5, 5.41) is 0. The molecule has 2 heterocycles. The molecule has 1 aliphatic rings. The average molecular weight is 249 g/mol. The monoisotopic (exact) mass is 249 g/mol. The third kappa shape index (κ3) is 3.66. The lowest BCUT2D eigenvalue weighted by Gasteiger charge is -2.31. The second kappa shape index (κ2) is 6.30. The number of aliphatic imine (C=N–C) groups is 1. The molecular weight excluding hydrogens is 230 g/mol. The first-order valence-electron chi connectivity index (χ1n) is 6.17. The summed E-state index contributed by atoms with van der Waals surface area (Å²) in [6.45, 7) is 5.00. The van der Waals surface area contributed by atoms with Gasteiger partial charge in [0.05, 0.1) is 18.4 Å². The molecule has 1 unspecified atom stereocenters. The van der Waals surface area contributed by atoms with Crippen LogP contribution in [0.4, 0.5) is 0 Å². The van der Waals surface area contributed by atoms with Crippen molar-refractivity contribution in [3.05, 3.63) is 24.3 Å². The Bertz CT molecular complexity index is 395. The van der Waals surface area contributed by atoms with E-state index in [0.29, 0.717) is 19.1 Å². The molecule has 1 aliphatic heterocycles. The topological polar surface area (TPSA) is 76.6 Å². The van der Waals surface area contributed by atoms with E-state index in [2.05, 4.69) is 19.9 Å². The second-order valence-corrected chi connectivity index (χ2v) is 4.31. The Morgan fingerprint density at radius 1 is 1.61 bits per heavy atom. The number of ether oxygens (including phenoxy) is 1. The van der Waals surface area contributed by atoms with Gasteiger partial charge in [0, 0.05) is 44.6 Å². The van der Waals surface area contributed by atoms with Crippen LogP contribution in [0, 0.1) is 0 Å². The maximum Gasteiger partial charge on any atom is 0.191 e. The Hall–Kier alpha value is -1.69. The van der Waals surface area contributed by atoms with Crippen LogP contribution in [0.5, 0.6) is 0 Å². The molecular formula is C12H19N5O. The lowest BCUT2D eigenvalue weighted by Crippen LogP contribution is -2.47. The molecule has 1 aromatic rings. The largest absolute Gasteiger partial charge is 0.375 e. The smallest absolute Gasteiger partial charge is 0.191 e. The molecule has 0 bridgehead atoms. The van der Waals surface area contributed by atoms with E-state index < -0.39 is 0 Å². The molecule has 2 rings (SSSR count). The van der Waals surface area contributed by atoms with E-state index in [0.717, 1.165) is 25.2 Å². The summed E-state index contributed by atoms with van der Waals surface area (Å²) in [6.07, 6.45) is 6.08. The fourth-order valence-electron chi connectivity index (χ4n) is 1.87. The zero-order valence-electron chi connectivity index (χ0n) is 10.6. The van der Waals surface area contributed by atoms with Gasteiger partial charge >= 0.3 is 0 Å². The van der Waals surface area contributed by atoms with Gasteiger partial charge in [0.15, 0.2) is 5.96 Å². The van der Waals surface area contributed by atoms with Crippen LogP contribution in [0.25, 0.3) is 0 Å². The summed E-state index contributed by atoms with van der Waals surface area (Å²) in [5.41, 5.74) is 6.89. The van der Waals surface area contributed by atoms with Gasteiger partial charge in [0.2, 0.25) is 0 Å². The minimum Gasteiger partial charge on any atom is -0.375 e. The van der Waals surface area contributed by atoms with Crippen molar-refractivity contribution in [3.63, 3.8) is 0 Å². The molecule has 1 atom stereocenters. The number of hydrogen-bond donors (Lipinski definition) is 1. The van der Waals surface area contributed by atoms with Crippen LogP contribution in [-0.2, 0) is 11.2 Å². The lowest BCUT2D eigenvalue weighted by atomic mass is 10.3. The zero-order chi connectivity index (χ0) is 12.8. The second-order valence-electron chi connectivity index (χ2n) is 4.31.